The van der Waals surface area contributed by atoms with Crippen molar-refractivity contribution in [3.8, 4) is 22.6 Å². The number of nitrogens with zero attached hydrogens (tertiary/aromatic N) is 4. The summed E-state index contributed by atoms with van der Waals surface area (Å²) in [6.07, 6.45) is 1.24. The number of halogens is 1. The Balaban J connectivity index is 1.74. The minimum absolute atomic E-state index is 0.0469. The van der Waals surface area contributed by atoms with Gasteiger partial charge < -0.3 is 35.1 Å². The maximum atomic E-state index is 13.7. The summed E-state index contributed by atoms with van der Waals surface area (Å²) >= 11 is 0. The molecule has 0 aliphatic carbocycles. The molecule has 1 aliphatic rings. The first kappa shape index (κ1) is 29.1. The summed E-state index contributed by atoms with van der Waals surface area (Å²) in [4.78, 5) is 44.1. The number of rotatable bonds is 10. The summed E-state index contributed by atoms with van der Waals surface area (Å²) in [5.41, 5.74) is 6.36. The van der Waals surface area contributed by atoms with E-state index in [9.17, 15) is 14.0 Å². The third-order valence-electron chi connectivity index (χ3n) is 6.23. The Morgan fingerprint density at radius 1 is 1.18 bits per heavy atom. The number of carbonyl (C=O) groups excluding carboxylic acids is 2. The fraction of sp³-hybridized carbons (Fsp3) is 0.444. The van der Waals surface area contributed by atoms with Crippen LogP contribution in [0.3, 0.4) is 0 Å². The van der Waals surface area contributed by atoms with Crippen molar-refractivity contribution in [2.24, 2.45) is 11.1 Å². The first-order valence-electron chi connectivity index (χ1n) is 12.8. The van der Waals surface area contributed by atoms with E-state index in [1.165, 1.54) is 12.1 Å². The monoisotopic (exact) mass is 555 g/mol. The van der Waals surface area contributed by atoms with Gasteiger partial charge in [0.2, 0.25) is 5.95 Å². The number of aromatic nitrogens is 4. The molecule has 0 unspecified atom stereocenters. The molecular formula is C27H34FN7O5. The van der Waals surface area contributed by atoms with E-state index in [2.05, 4.69) is 25.3 Å². The standard InChI is InChI=1S/C27H34FN7O5/c1-16(2)40-24(37)26(3)14-38-27(22(29)36,39-15-26)23-33-20(17-6-8-18(28)9-7-17)21(34-23)19-10-11-30-25(32-19)31-12-13-35(4)5/h6-11,16H,12-15H2,1-5H3,(H2,29,36)(H,33,34)(H,30,31,32). The third kappa shape index (κ3) is 6.11. The van der Waals surface area contributed by atoms with E-state index in [0.717, 1.165) is 6.54 Å². The first-order chi connectivity index (χ1) is 18.9. The number of hydrogen-bond donors (Lipinski definition) is 3. The molecule has 1 amide bonds. The zero-order valence-electron chi connectivity index (χ0n) is 23.2. The number of primary amides is 1. The van der Waals surface area contributed by atoms with Crippen molar-refractivity contribution in [2.75, 3.05) is 45.7 Å². The Bertz CT molecular complexity index is 1350. The van der Waals surface area contributed by atoms with Crippen LogP contribution < -0.4 is 11.1 Å². The molecule has 3 aromatic rings. The van der Waals surface area contributed by atoms with Gasteiger partial charge in [-0.15, -0.1) is 0 Å². The third-order valence-corrected chi connectivity index (χ3v) is 6.23. The van der Waals surface area contributed by atoms with E-state index in [0.29, 0.717) is 35.1 Å². The second-order valence-corrected chi connectivity index (χ2v) is 10.4. The normalized spacial score (nSPS) is 21.0. The molecular weight excluding hydrogens is 521 g/mol. The van der Waals surface area contributed by atoms with E-state index in [1.54, 1.807) is 45.2 Å². The van der Waals surface area contributed by atoms with E-state index in [1.807, 2.05) is 19.0 Å². The van der Waals surface area contributed by atoms with Gasteiger partial charge in [-0.3, -0.25) is 9.59 Å². The number of likely N-dealkylation sites (N-methyl/N-ethyl adjacent to an activating group) is 1. The number of imidazole rings is 1. The van der Waals surface area contributed by atoms with Crippen LogP contribution in [0.4, 0.5) is 10.3 Å². The van der Waals surface area contributed by atoms with Crippen LogP contribution >= 0.6 is 0 Å². The first-order valence-corrected chi connectivity index (χ1v) is 12.8. The molecule has 1 aliphatic heterocycles. The van der Waals surface area contributed by atoms with E-state index in [4.69, 9.17) is 19.9 Å². The van der Waals surface area contributed by atoms with Gasteiger partial charge in [-0.2, -0.15) is 0 Å². The van der Waals surface area contributed by atoms with Crippen LogP contribution in [0.5, 0.6) is 0 Å². The molecule has 4 rings (SSSR count). The van der Waals surface area contributed by atoms with Crippen LogP contribution in [0, 0.1) is 11.2 Å². The molecule has 2 aromatic heterocycles. The molecule has 1 aromatic carbocycles. The fourth-order valence-corrected chi connectivity index (χ4v) is 3.98. The lowest BCUT2D eigenvalue weighted by atomic mass is 9.91. The molecule has 4 N–H and O–H groups in total. The fourth-order valence-electron chi connectivity index (χ4n) is 3.98. The Morgan fingerprint density at radius 3 is 2.45 bits per heavy atom. The predicted molar refractivity (Wildman–Crippen MR) is 144 cm³/mol. The summed E-state index contributed by atoms with van der Waals surface area (Å²) in [6.45, 7) is 6.04. The van der Waals surface area contributed by atoms with Crippen molar-refractivity contribution in [3.05, 3.63) is 48.2 Å². The Labute approximate surface area is 231 Å². The van der Waals surface area contributed by atoms with E-state index >= 15 is 0 Å². The maximum absolute atomic E-state index is 13.7. The lowest BCUT2D eigenvalue weighted by Crippen LogP contribution is -2.56. The molecule has 1 fully saturated rings. The SMILES string of the molecule is CC(C)OC(=O)C1(C)COC(C(N)=O)(c2nc(-c3ccc(F)cc3)c(-c3ccnc(NCCN(C)C)n3)[nH]2)OC1. The van der Waals surface area contributed by atoms with Gasteiger partial charge in [0.1, 0.15) is 11.2 Å². The number of benzene rings is 1. The highest BCUT2D eigenvalue weighted by atomic mass is 19.1. The van der Waals surface area contributed by atoms with Gasteiger partial charge in [0.25, 0.3) is 5.91 Å². The highest BCUT2D eigenvalue weighted by Crippen LogP contribution is 2.39. The maximum Gasteiger partial charge on any atom is 0.316 e. The number of ether oxygens (including phenoxy) is 3. The molecule has 0 bridgehead atoms. The highest BCUT2D eigenvalue weighted by Gasteiger charge is 2.54. The molecule has 13 heteroatoms. The number of carbonyl (C=O) groups is 2. The number of amides is 1. The molecule has 0 saturated carbocycles. The average molecular weight is 556 g/mol. The molecule has 0 atom stereocenters. The van der Waals surface area contributed by atoms with Crippen molar-refractivity contribution in [2.45, 2.75) is 32.7 Å². The van der Waals surface area contributed by atoms with Crippen molar-refractivity contribution >= 4 is 17.8 Å². The van der Waals surface area contributed by atoms with Gasteiger partial charge in [-0.25, -0.2) is 19.3 Å². The number of hydrogen-bond acceptors (Lipinski definition) is 10. The summed E-state index contributed by atoms with van der Waals surface area (Å²) in [5, 5.41) is 3.17. The Kier molecular flexibility index (Phi) is 8.47. The molecule has 0 radical (unpaired) electrons. The molecule has 12 nitrogen and oxygen atoms in total. The number of aromatic amines is 1. The van der Waals surface area contributed by atoms with Gasteiger partial charge in [0.05, 0.1) is 36.4 Å². The predicted octanol–water partition coefficient (Wildman–Crippen LogP) is 2.29. The number of H-pyrrole nitrogens is 1. The smallest absolute Gasteiger partial charge is 0.316 e. The van der Waals surface area contributed by atoms with Crippen LogP contribution in [0.15, 0.2) is 36.5 Å². The topological polar surface area (TPSA) is 158 Å². The lowest BCUT2D eigenvalue weighted by Gasteiger charge is -2.40. The largest absolute Gasteiger partial charge is 0.462 e. The van der Waals surface area contributed by atoms with Crippen molar-refractivity contribution < 1.29 is 28.2 Å². The zero-order chi connectivity index (χ0) is 29.1. The molecule has 214 valence electrons. The van der Waals surface area contributed by atoms with Crippen molar-refractivity contribution in [1.29, 1.82) is 0 Å². The van der Waals surface area contributed by atoms with Gasteiger partial charge in [0.15, 0.2) is 5.82 Å². The average Bonchev–Trinajstić information content (AvgIpc) is 3.35. The minimum atomic E-state index is -2.12. The summed E-state index contributed by atoms with van der Waals surface area (Å²) in [5.74, 6) is -3.70. The highest BCUT2D eigenvalue weighted by molar-refractivity contribution is 5.85. The van der Waals surface area contributed by atoms with Crippen LogP contribution in [0.25, 0.3) is 22.6 Å². The number of anilines is 1. The van der Waals surface area contributed by atoms with Crippen LogP contribution in [-0.4, -0.2) is 83.2 Å². The van der Waals surface area contributed by atoms with Gasteiger partial charge in [-0.1, -0.05) is 0 Å². The quantitative estimate of drug-likeness (QED) is 0.317. The lowest BCUT2D eigenvalue weighted by molar-refractivity contribution is -0.294. The van der Waals surface area contributed by atoms with E-state index in [-0.39, 0.29) is 25.1 Å². The molecule has 40 heavy (non-hydrogen) atoms. The van der Waals surface area contributed by atoms with Gasteiger partial charge >= 0.3 is 11.8 Å². The second kappa shape index (κ2) is 11.7. The molecule has 3 heterocycles. The molecule has 1 saturated heterocycles. The van der Waals surface area contributed by atoms with Crippen LogP contribution in [0.2, 0.25) is 0 Å². The summed E-state index contributed by atoms with van der Waals surface area (Å²) in [6, 6.07) is 7.36. The minimum Gasteiger partial charge on any atom is -0.462 e. The summed E-state index contributed by atoms with van der Waals surface area (Å²) < 4.78 is 30.8. The van der Waals surface area contributed by atoms with Gasteiger partial charge in [-0.05, 0) is 65.2 Å². The Hall–Kier alpha value is -3.94. The van der Waals surface area contributed by atoms with Gasteiger partial charge in [0, 0.05) is 24.8 Å². The second-order valence-electron chi connectivity index (χ2n) is 10.4. The number of nitrogens with two attached hydrogens (primary N) is 1. The molecule has 0 spiro atoms. The van der Waals surface area contributed by atoms with E-state index < -0.39 is 28.9 Å². The summed E-state index contributed by atoms with van der Waals surface area (Å²) in [7, 11) is 3.92. The van der Waals surface area contributed by atoms with Crippen LogP contribution in [-0.2, 0) is 29.6 Å². The number of nitrogens with one attached hydrogen (secondary N) is 2. The zero-order valence-corrected chi connectivity index (χ0v) is 23.2. The van der Waals surface area contributed by atoms with Crippen molar-refractivity contribution in [1.82, 2.24) is 24.8 Å². The van der Waals surface area contributed by atoms with Crippen molar-refractivity contribution in [3.63, 3.8) is 0 Å². The number of esters is 1. The Morgan fingerprint density at radius 2 is 1.85 bits per heavy atom. The van der Waals surface area contributed by atoms with Crippen LogP contribution in [0.1, 0.15) is 26.6 Å².